The number of ketones is 1. The Morgan fingerprint density at radius 2 is 2.00 bits per heavy atom. The Balaban J connectivity index is 1.95. The number of pyridine rings is 1. The summed E-state index contributed by atoms with van der Waals surface area (Å²) in [5, 5.41) is 0. The maximum Gasteiger partial charge on any atom is 0.165 e. The van der Waals surface area contributed by atoms with Crippen LogP contribution in [0.2, 0.25) is 0 Å². The SMILES string of the molecule is CC(=O)c1ccc(OCCc2ccncc2)c(F)c1. The van der Waals surface area contributed by atoms with Crippen LogP contribution < -0.4 is 4.74 Å². The third-order valence-corrected chi connectivity index (χ3v) is 2.74. The third-order valence-electron chi connectivity index (χ3n) is 2.74. The van der Waals surface area contributed by atoms with Crippen LogP contribution in [0.4, 0.5) is 4.39 Å². The average molecular weight is 259 g/mol. The van der Waals surface area contributed by atoms with Gasteiger partial charge in [-0.1, -0.05) is 0 Å². The van der Waals surface area contributed by atoms with Crippen LogP contribution in [0.5, 0.6) is 5.75 Å². The van der Waals surface area contributed by atoms with E-state index < -0.39 is 5.82 Å². The number of hydrogen-bond acceptors (Lipinski definition) is 3. The molecule has 0 amide bonds. The highest BCUT2D eigenvalue weighted by molar-refractivity contribution is 5.94. The summed E-state index contributed by atoms with van der Waals surface area (Å²) in [5.74, 6) is -0.510. The molecule has 0 radical (unpaired) electrons. The van der Waals surface area contributed by atoms with Gasteiger partial charge in [0, 0.05) is 24.4 Å². The lowest BCUT2D eigenvalue weighted by Gasteiger charge is -2.08. The minimum absolute atomic E-state index is 0.165. The molecular weight excluding hydrogens is 245 g/mol. The Kier molecular flexibility index (Phi) is 4.23. The van der Waals surface area contributed by atoms with Gasteiger partial charge in [-0.3, -0.25) is 9.78 Å². The van der Waals surface area contributed by atoms with Crippen molar-refractivity contribution in [3.05, 3.63) is 59.7 Å². The summed E-state index contributed by atoms with van der Waals surface area (Å²) >= 11 is 0. The van der Waals surface area contributed by atoms with Crippen molar-refractivity contribution in [2.45, 2.75) is 13.3 Å². The predicted molar refractivity (Wildman–Crippen MR) is 69.8 cm³/mol. The maximum atomic E-state index is 13.6. The standard InChI is InChI=1S/C15H14FNO2/c1-11(18)13-2-3-15(14(16)10-13)19-9-6-12-4-7-17-8-5-12/h2-5,7-8,10H,6,9H2,1H3. The van der Waals surface area contributed by atoms with Crippen molar-refractivity contribution in [3.8, 4) is 5.75 Å². The lowest BCUT2D eigenvalue weighted by atomic mass is 10.1. The van der Waals surface area contributed by atoms with E-state index in [1.165, 1.54) is 19.1 Å². The molecule has 1 heterocycles. The van der Waals surface area contributed by atoms with Crippen LogP contribution in [0.25, 0.3) is 0 Å². The Morgan fingerprint density at radius 3 is 2.63 bits per heavy atom. The molecule has 0 N–H and O–H groups in total. The first-order valence-corrected chi connectivity index (χ1v) is 5.99. The molecule has 0 aliphatic rings. The summed E-state index contributed by atoms with van der Waals surface area (Å²) in [6, 6.07) is 8.02. The largest absolute Gasteiger partial charge is 0.490 e. The summed E-state index contributed by atoms with van der Waals surface area (Å²) in [4.78, 5) is 15.0. The van der Waals surface area contributed by atoms with E-state index in [0.29, 0.717) is 18.6 Å². The van der Waals surface area contributed by atoms with Gasteiger partial charge in [-0.05, 0) is 42.8 Å². The molecule has 19 heavy (non-hydrogen) atoms. The van der Waals surface area contributed by atoms with Crippen molar-refractivity contribution in [1.82, 2.24) is 4.98 Å². The molecule has 4 heteroatoms. The highest BCUT2D eigenvalue weighted by Gasteiger charge is 2.07. The average Bonchev–Trinajstić information content (AvgIpc) is 2.41. The molecule has 0 bridgehead atoms. The Labute approximate surface area is 111 Å². The number of ether oxygens (including phenoxy) is 1. The molecule has 0 aliphatic heterocycles. The van der Waals surface area contributed by atoms with Gasteiger partial charge in [0.15, 0.2) is 17.3 Å². The van der Waals surface area contributed by atoms with E-state index in [4.69, 9.17) is 4.74 Å². The van der Waals surface area contributed by atoms with E-state index in [0.717, 1.165) is 5.56 Å². The normalized spacial score (nSPS) is 10.2. The van der Waals surface area contributed by atoms with Gasteiger partial charge in [0.05, 0.1) is 6.61 Å². The Hall–Kier alpha value is -2.23. The first kappa shape index (κ1) is 13.2. The highest BCUT2D eigenvalue weighted by atomic mass is 19.1. The van der Waals surface area contributed by atoms with Gasteiger partial charge in [0.1, 0.15) is 0 Å². The van der Waals surface area contributed by atoms with Gasteiger partial charge in [-0.15, -0.1) is 0 Å². The number of nitrogens with zero attached hydrogens (tertiary/aromatic N) is 1. The second kappa shape index (κ2) is 6.09. The minimum atomic E-state index is -0.512. The molecule has 1 aromatic heterocycles. The van der Waals surface area contributed by atoms with Crippen LogP contribution in [0.1, 0.15) is 22.8 Å². The summed E-state index contributed by atoms with van der Waals surface area (Å²) in [5.41, 5.74) is 1.43. The number of rotatable bonds is 5. The summed E-state index contributed by atoms with van der Waals surface area (Å²) in [6.07, 6.45) is 4.09. The minimum Gasteiger partial charge on any atom is -0.490 e. The number of Topliss-reactive ketones (excluding diaryl/α,β-unsaturated/α-hetero) is 1. The topological polar surface area (TPSA) is 39.2 Å². The molecule has 98 valence electrons. The van der Waals surface area contributed by atoms with Gasteiger partial charge in [-0.2, -0.15) is 0 Å². The number of aromatic nitrogens is 1. The highest BCUT2D eigenvalue weighted by Crippen LogP contribution is 2.18. The lowest BCUT2D eigenvalue weighted by Crippen LogP contribution is -2.03. The summed E-state index contributed by atoms with van der Waals surface area (Å²) in [6.45, 7) is 1.78. The second-order valence-corrected chi connectivity index (χ2v) is 4.16. The first-order valence-electron chi connectivity index (χ1n) is 5.99. The zero-order chi connectivity index (χ0) is 13.7. The quantitative estimate of drug-likeness (QED) is 0.775. The van der Waals surface area contributed by atoms with Gasteiger partial charge in [0.2, 0.25) is 0 Å². The van der Waals surface area contributed by atoms with Crippen LogP contribution in [0.15, 0.2) is 42.7 Å². The number of carbonyl (C=O) groups excluding carboxylic acids is 1. The zero-order valence-corrected chi connectivity index (χ0v) is 10.6. The van der Waals surface area contributed by atoms with Crippen LogP contribution in [0.3, 0.4) is 0 Å². The molecule has 0 aliphatic carbocycles. The van der Waals surface area contributed by atoms with Gasteiger partial charge < -0.3 is 4.74 Å². The maximum absolute atomic E-state index is 13.6. The van der Waals surface area contributed by atoms with Crippen molar-refractivity contribution in [2.75, 3.05) is 6.61 Å². The smallest absolute Gasteiger partial charge is 0.165 e. The van der Waals surface area contributed by atoms with E-state index in [9.17, 15) is 9.18 Å². The Bertz CT molecular complexity index is 570. The van der Waals surface area contributed by atoms with Crippen molar-refractivity contribution in [2.24, 2.45) is 0 Å². The number of halogens is 1. The first-order chi connectivity index (χ1) is 9.16. The van der Waals surface area contributed by atoms with Gasteiger partial charge in [0.25, 0.3) is 0 Å². The molecule has 1 aromatic carbocycles. The monoisotopic (exact) mass is 259 g/mol. The number of hydrogen-bond donors (Lipinski definition) is 0. The van der Waals surface area contributed by atoms with Crippen LogP contribution >= 0.6 is 0 Å². The molecular formula is C15H14FNO2. The molecule has 0 spiro atoms. The van der Waals surface area contributed by atoms with Crippen molar-refractivity contribution >= 4 is 5.78 Å². The fourth-order valence-corrected chi connectivity index (χ4v) is 1.67. The molecule has 0 atom stereocenters. The fourth-order valence-electron chi connectivity index (χ4n) is 1.67. The number of carbonyl (C=O) groups is 1. The zero-order valence-electron chi connectivity index (χ0n) is 10.6. The summed E-state index contributed by atoms with van der Waals surface area (Å²) in [7, 11) is 0. The van der Waals surface area contributed by atoms with E-state index in [-0.39, 0.29) is 11.5 Å². The molecule has 0 unspecified atom stereocenters. The lowest BCUT2D eigenvalue weighted by molar-refractivity contribution is 0.101. The van der Waals surface area contributed by atoms with E-state index >= 15 is 0 Å². The summed E-state index contributed by atoms with van der Waals surface area (Å²) < 4.78 is 19.0. The third kappa shape index (κ3) is 3.61. The van der Waals surface area contributed by atoms with Crippen LogP contribution in [-0.4, -0.2) is 17.4 Å². The predicted octanol–water partition coefficient (Wildman–Crippen LogP) is 3.04. The molecule has 0 saturated heterocycles. The van der Waals surface area contributed by atoms with Gasteiger partial charge in [-0.25, -0.2) is 4.39 Å². The molecule has 2 rings (SSSR count). The fraction of sp³-hybridized carbons (Fsp3) is 0.200. The number of benzene rings is 1. The van der Waals surface area contributed by atoms with E-state index in [1.807, 2.05) is 12.1 Å². The van der Waals surface area contributed by atoms with Crippen molar-refractivity contribution in [1.29, 1.82) is 0 Å². The van der Waals surface area contributed by atoms with Crippen LogP contribution in [-0.2, 0) is 6.42 Å². The van der Waals surface area contributed by atoms with E-state index in [1.54, 1.807) is 18.5 Å². The Morgan fingerprint density at radius 1 is 1.26 bits per heavy atom. The molecule has 0 fully saturated rings. The van der Waals surface area contributed by atoms with E-state index in [2.05, 4.69) is 4.98 Å². The molecule has 0 saturated carbocycles. The second-order valence-electron chi connectivity index (χ2n) is 4.16. The van der Waals surface area contributed by atoms with Gasteiger partial charge >= 0.3 is 0 Å². The molecule has 2 aromatic rings. The van der Waals surface area contributed by atoms with Crippen molar-refractivity contribution < 1.29 is 13.9 Å². The van der Waals surface area contributed by atoms with Crippen molar-refractivity contribution in [3.63, 3.8) is 0 Å². The molecule has 3 nitrogen and oxygen atoms in total. The van der Waals surface area contributed by atoms with Crippen LogP contribution in [0, 0.1) is 5.82 Å².